The molecular formula is C17H28IN3. The van der Waals surface area contributed by atoms with E-state index in [2.05, 4.69) is 55.3 Å². The van der Waals surface area contributed by atoms with Crippen LogP contribution in [0.5, 0.6) is 0 Å². The Balaban J connectivity index is 0.00000220. The van der Waals surface area contributed by atoms with Crippen LogP contribution in [0.25, 0.3) is 0 Å². The Morgan fingerprint density at radius 3 is 2.57 bits per heavy atom. The van der Waals surface area contributed by atoms with E-state index in [0.29, 0.717) is 12.5 Å². The molecular weight excluding hydrogens is 373 g/mol. The summed E-state index contributed by atoms with van der Waals surface area (Å²) in [4.78, 5) is 4.53. The van der Waals surface area contributed by atoms with Crippen molar-refractivity contribution in [3.8, 4) is 0 Å². The predicted molar refractivity (Wildman–Crippen MR) is 101 cm³/mol. The fraction of sp³-hybridized carbons (Fsp3) is 0.588. The van der Waals surface area contributed by atoms with Gasteiger partial charge in [-0.1, -0.05) is 44.5 Å². The van der Waals surface area contributed by atoms with Crippen LogP contribution in [0.4, 0.5) is 0 Å². The molecule has 0 heterocycles. The highest BCUT2D eigenvalue weighted by Gasteiger charge is 2.22. The summed E-state index contributed by atoms with van der Waals surface area (Å²) < 4.78 is 0. The summed E-state index contributed by atoms with van der Waals surface area (Å²) in [6, 6.07) is 8.50. The van der Waals surface area contributed by atoms with Crippen molar-refractivity contribution in [2.24, 2.45) is 16.6 Å². The van der Waals surface area contributed by atoms with E-state index in [0.717, 1.165) is 12.5 Å². The second-order valence-corrected chi connectivity index (χ2v) is 6.58. The molecule has 4 heteroatoms. The summed E-state index contributed by atoms with van der Waals surface area (Å²) >= 11 is 0. The Morgan fingerprint density at radius 2 is 2.00 bits per heavy atom. The summed E-state index contributed by atoms with van der Waals surface area (Å²) in [5, 5.41) is 3.25. The number of rotatable bonds is 5. The van der Waals surface area contributed by atoms with Crippen LogP contribution in [0.3, 0.4) is 0 Å². The summed E-state index contributed by atoms with van der Waals surface area (Å²) in [7, 11) is 0. The van der Waals surface area contributed by atoms with Crippen LogP contribution in [0, 0.1) is 12.8 Å². The molecule has 0 atom stereocenters. The average Bonchev–Trinajstić information content (AvgIpc) is 2.35. The molecule has 1 aromatic rings. The molecule has 118 valence electrons. The van der Waals surface area contributed by atoms with Crippen LogP contribution in [0.2, 0.25) is 0 Å². The molecule has 1 saturated carbocycles. The van der Waals surface area contributed by atoms with Crippen molar-refractivity contribution in [2.45, 2.75) is 45.4 Å². The fourth-order valence-corrected chi connectivity index (χ4v) is 2.70. The lowest BCUT2D eigenvalue weighted by molar-refractivity contribution is 0.315. The number of nitrogens with zero attached hydrogens (tertiary/aromatic N) is 1. The zero-order valence-corrected chi connectivity index (χ0v) is 15.7. The summed E-state index contributed by atoms with van der Waals surface area (Å²) in [6.45, 7) is 8.27. The third-order valence-electron chi connectivity index (χ3n) is 4.32. The summed E-state index contributed by atoms with van der Waals surface area (Å²) in [5.41, 5.74) is 8.63. The summed E-state index contributed by atoms with van der Waals surface area (Å²) in [6.07, 6.45) is 4.02. The van der Waals surface area contributed by atoms with Crippen LogP contribution in [0.1, 0.15) is 44.2 Å². The van der Waals surface area contributed by atoms with Crippen LogP contribution in [-0.4, -0.2) is 19.0 Å². The number of halogens is 1. The van der Waals surface area contributed by atoms with E-state index in [-0.39, 0.29) is 29.4 Å². The fourth-order valence-electron chi connectivity index (χ4n) is 2.70. The number of nitrogens with one attached hydrogen (secondary N) is 1. The van der Waals surface area contributed by atoms with Crippen molar-refractivity contribution >= 4 is 29.9 Å². The highest BCUT2D eigenvalue weighted by Crippen LogP contribution is 2.26. The minimum Gasteiger partial charge on any atom is -0.370 e. The number of benzene rings is 1. The largest absolute Gasteiger partial charge is 0.370 e. The van der Waals surface area contributed by atoms with E-state index in [1.807, 2.05) is 0 Å². The van der Waals surface area contributed by atoms with Gasteiger partial charge in [-0.3, -0.25) is 4.99 Å². The molecule has 0 aliphatic heterocycles. The molecule has 1 aliphatic carbocycles. The van der Waals surface area contributed by atoms with Crippen LogP contribution >= 0.6 is 24.0 Å². The maximum absolute atomic E-state index is 5.96. The van der Waals surface area contributed by atoms with Crippen molar-refractivity contribution in [1.29, 1.82) is 0 Å². The van der Waals surface area contributed by atoms with Gasteiger partial charge in [0.25, 0.3) is 0 Å². The Morgan fingerprint density at radius 1 is 1.33 bits per heavy atom. The molecule has 0 aromatic heterocycles. The van der Waals surface area contributed by atoms with Gasteiger partial charge in [-0.25, -0.2) is 0 Å². The van der Waals surface area contributed by atoms with E-state index in [4.69, 9.17) is 5.73 Å². The van der Waals surface area contributed by atoms with E-state index in [1.54, 1.807) is 0 Å². The maximum Gasteiger partial charge on any atom is 0.188 e. The molecule has 1 aliphatic rings. The maximum atomic E-state index is 5.96. The zero-order valence-electron chi connectivity index (χ0n) is 13.4. The molecule has 3 N–H and O–H groups in total. The molecule has 0 saturated heterocycles. The molecule has 0 unspecified atom stereocenters. The first kappa shape index (κ1) is 18.3. The lowest BCUT2D eigenvalue weighted by Crippen LogP contribution is -2.38. The number of aryl methyl sites for hydroxylation is 1. The topological polar surface area (TPSA) is 50.4 Å². The molecule has 1 aromatic carbocycles. The second-order valence-electron chi connectivity index (χ2n) is 6.58. The van der Waals surface area contributed by atoms with Gasteiger partial charge in [-0.15, -0.1) is 24.0 Å². The van der Waals surface area contributed by atoms with Gasteiger partial charge < -0.3 is 11.1 Å². The molecule has 2 rings (SSSR count). The highest BCUT2D eigenvalue weighted by molar-refractivity contribution is 14.0. The van der Waals surface area contributed by atoms with Crippen molar-refractivity contribution in [1.82, 2.24) is 5.32 Å². The van der Waals surface area contributed by atoms with Gasteiger partial charge in [0, 0.05) is 12.0 Å². The van der Waals surface area contributed by atoms with Crippen LogP contribution in [-0.2, 0) is 5.41 Å². The average molecular weight is 401 g/mol. The van der Waals surface area contributed by atoms with Crippen molar-refractivity contribution < 1.29 is 0 Å². The third kappa shape index (κ3) is 5.16. The first-order chi connectivity index (χ1) is 9.49. The molecule has 21 heavy (non-hydrogen) atoms. The molecule has 0 amide bonds. The van der Waals surface area contributed by atoms with E-state index in [1.165, 1.54) is 30.4 Å². The van der Waals surface area contributed by atoms with Gasteiger partial charge in [0.15, 0.2) is 5.96 Å². The van der Waals surface area contributed by atoms with Crippen LogP contribution < -0.4 is 11.1 Å². The Labute approximate surface area is 145 Å². The van der Waals surface area contributed by atoms with Crippen molar-refractivity contribution in [3.63, 3.8) is 0 Å². The highest BCUT2D eigenvalue weighted by atomic mass is 127. The first-order valence-corrected chi connectivity index (χ1v) is 7.59. The minimum absolute atomic E-state index is 0. The minimum atomic E-state index is 0. The quantitative estimate of drug-likeness (QED) is 0.450. The first-order valence-electron chi connectivity index (χ1n) is 7.59. The number of hydrogen-bond donors (Lipinski definition) is 2. The van der Waals surface area contributed by atoms with Crippen molar-refractivity contribution in [3.05, 3.63) is 35.4 Å². The number of nitrogens with two attached hydrogens (primary N) is 1. The molecule has 0 bridgehead atoms. The lowest BCUT2D eigenvalue weighted by atomic mass is 9.82. The molecule has 0 radical (unpaired) electrons. The van der Waals surface area contributed by atoms with Gasteiger partial charge >= 0.3 is 0 Å². The third-order valence-corrected chi connectivity index (χ3v) is 4.32. The lowest BCUT2D eigenvalue weighted by Gasteiger charge is -2.27. The van der Waals surface area contributed by atoms with Gasteiger partial charge in [0.1, 0.15) is 0 Å². The number of guanidine groups is 1. The smallest absolute Gasteiger partial charge is 0.188 e. The SMILES string of the molecule is Cc1ccccc1C(C)(C)CN=C(N)NCC1CCC1.I. The van der Waals surface area contributed by atoms with E-state index >= 15 is 0 Å². The van der Waals surface area contributed by atoms with E-state index in [9.17, 15) is 0 Å². The second kappa shape index (κ2) is 8.01. The summed E-state index contributed by atoms with van der Waals surface area (Å²) in [5.74, 6) is 1.38. The standard InChI is InChI=1S/C17H27N3.HI/c1-13-7-4-5-10-15(13)17(2,3)12-20-16(18)19-11-14-8-6-9-14;/h4-5,7,10,14H,6,8-9,11-12H2,1-3H3,(H3,18,19,20);1H. The normalized spacial score (nSPS) is 16.0. The number of aliphatic imine (C=N–C) groups is 1. The van der Waals surface area contributed by atoms with Gasteiger partial charge in [0.2, 0.25) is 0 Å². The Kier molecular flexibility index (Phi) is 6.97. The monoisotopic (exact) mass is 401 g/mol. The van der Waals surface area contributed by atoms with Gasteiger partial charge in [-0.05, 0) is 36.8 Å². The predicted octanol–water partition coefficient (Wildman–Crippen LogP) is 3.60. The zero-order chi connectivity index (χ0) is 14.6. The molecule has 3 nitrogen and oxygen atoms in total. The number of hydrogen-bond acceptors (Lipinski definition) is 1. The van der Waals surface area contributed by atoms with Gasteiger partial charge in [-0.2, -0.15) is 0 Å². The van der Waals surface area contributed by atoms with Gasteiger partial charge in [0.05, 0.1) is 6.54 Å². The molecule has 1 fully saturated rings. The Hall–Kier alpha value is -0.780. The van der Waals surface area contributed by atoms with E-state index < -0.39 is 0 Å². The van der Waals surface area contributed by atoms with Crippen LogP contribution in [0.15, 0.2) is 29.3 Å². The van der Waals surface area contributed by atoms with Crippen molar-refractivity contribution in [2.75, 3.05) is 13.1 Å². The molecule has 0 spiro atoms. The Bertz CT molecular complexity index is 479.